The minimum absolute atomic E-state index is 0.0106. The molecule has 11 rings (SSSR count). The van der Waals surface area contributed by atoms with Crippen molar-refractivity contribution in [2.75, 3.05) is 4.90 Å². The Hall–Kier alpha value is -8.20. The molecular weight excluding hydrogens is 749 g/mol. The summed E-state index contributed by atoms with van der Waals surface area (Å²) in [7, 11) is 0. The van der Waals surface area contributed by atoms with Gasteiger partial charge in [0.2, 0.25) is 0 Å². The van der Waals surface area contributed by atoms with Gasteiger partial charge in [0.1, 0.15) is 0 Å². The molecular formula is C60H42N2. The van der Waals surface area contributed by atoms with Crippen molar-refractivity contribution in [2.45, 2.75) is 0 Å². The third-order valence-electron chi connectivity index (χ3n) is 11.2. The number of anilines is 3. The second-order valence-corrected chi connectivity index (χ2v) is 14.9. The van der Waals surface area contributed by atoms with Crippen LogP contribution in [0.5, 0.6) is 0 Å². The molecule has 0 aliphatic rings. The van der Waals surface area contributed by atoms with Crippen molar-refractivity contribution in [1.29, 1.82) is 0 Å². The molecule has 0 spiro atoms. The molecule has 292 valence electrons. The van der Waals surface area contributed by atoms with E-state index in [1.54, 1.807) is 12.1 Å². The minimum atomic E-state index is -0.688. The third kappa shape index (κ3) is 6.94. The van der Waals surface area contributed by atoms with Gasteiger partial charge in [0, 0.05) is 33.5 Å². The summed E-state index contributed by atoms with van der Waals surface area (Å²) in [6.45, 7) is 0. The molecule has 0 bridgehead atoms. The summed E-state index contributed by atoms with van der Waals surface area (Å²) < 4.78 is 108. The second kappa shape index (κ2) is 16.1. The molecule has 0 N–H and O–H groups in total. The predicted octanol–water partition coefficient (Wildman–Crippen LogP) is 16.6. The van der Waals surface area contributed by atoms with Crippen LogP contribution in [0.4, 0.5) is 17.1 Å². The maximum Gasteiger partial charge on any atom is 0.0645 e. The van der Waals surface area contributed by atoms with E-state index in [-0.39, 0.29) is 33.4 Å². The summed E-state index contributed by atoms with van der Waals surface area (Å²) >= 11 is 0. The van der Waals surface area contributed by atoms with Crippen LogP contribution in [0.1, 0.15) is 16.4 Å². The fourth-order valence-electron chi connectivity index (χ4n) is 8.22. The molecule has 0 unspecified atom stereocenters. The molecule has 0 saturated carbocycles. The Morgan fingerprint density at radius 3 is 1.40 bits per heavy atom. The lowest BCUT2D eigenvalue weighted by Gasteiger charge is -2.26. The van der Waals surface area contributed by atoms with E-state index < -0.39 is 72.2 Å². The molecule has 0 radical (unpaired) electrons. The van der Waals surface area contributed by atoms with Gasteiger partial charge in [-0.1, -0.05) is 188 Å². The first kappa shape index (κ1) is 26.1. The molecule has 11 aromatic rings. The number of benzene rings is 10. The largest absolute Gasteiger partial charge is 0.310 e. The summed E-state index contributed by atoms with van der Waals surface area (Å²) in [5, 5.41) is -0.109. The van der Waals surface area contributed by atoms with E-state index in [0.717, 1.165) is 60.6 Å². The van der Waals surface area contributed by atoms with Crippen LogP contribution >= 0.6 is 0 Å². The molecule has 0 saturated heterocycles. The van der Waals surface area contributed by atoms with Crippen molar-refractivity contribution >= 4 is 38.9 Å². The maximum absolute atomic E-state index is 9.41. The quantitative estimate of drug-likeness (QED) is 0.141. The van der Waals surface area contributed by atoms with Crippen molar-refractivity contribution in [1.82, 2.24) is 4.57 Å². The molecule has 2 nitrogen and oxygen atoms in total. The number of hydrogen-bond acceptors (Lipinski definition) is 1. The minimum Gasteiger partial charge on any atom is -0.310 e. The number of nitrogens with zero attached hydrogens (tertiary/aromatic N) is 2. The molecule has 0 atom stereocenters. The van der Waals surface area contributed by atoms with Crippen molar-refractivity contribution in [3.05, 3.63) is 255 Å². The van der Waals surface area contributed by atoms with Gasteiger partial charge < -0.3 is 9.47 Å². The Balaban J connectivity index is 1.06. The monoisotopic (exact) mass is 802 g/mol. The lowest BCUT2D eigenvalue weighted by molar-refractivity contribution is 1.18. The Morgan fingerprint density at radius 2 is 0.790 bits per heavy atom. The lowest BCUT2D eigenvalue weighted by atomic mass is 9.95. The fraction of sp³-hybridized carbons (Fsp3) is 0. The van der Waals surface area contributed by atoms with E-state index in [9.17, 15) is 4.11 Å². The van der Waals surface area contributed by atoms with Crippen LogP contribution < -0.4 is 4.90 Å². The smallest absolute Gasteiger partial charge is 0.0645 e. The molecule has 1 aromatic heterocycles. The maximum atomic E-state index is 9.41. The fourth-order valence-corrected chi connectivity index (χ4v) is 8.22. The van der Waals surface area contributed by atoms with E-state index in [1.165, 1.54) is 0 Å². The highest BCUT2D eigenvalue weighted by molar-refractivity contribution is 6.15. The first-order valence-electron chi connectivity index (χ1n) is 26.3. The van der Waals surface area contributed by atoms with Gasteiger partial charge in [0.05, 0.1) is 27.5 Å². The highest BCUT2D eigenvalue weighted by Gasteiger charge is 2.18. The molecule has 62 heavy (non-hydrogen) atoms. The number of hydrogen-bond donors (Lipinski definition) is 0. The average molecular weight is 803 g/mol. The highest BCUT2D eigenvalue weighted by atomic mass is 15.1. The van der Waals surface area contributed by atoms with Crippen molar-refractivity contribution in [3.63, 3.8) is 0 Å². The van der Waals surface area contributed by atoms with Gasteiger partial charge in [-0.25, -0.2) is 0 Å². The van der Waals surface area contributed by atoms with E-state index in [4.69, 9.17) is 12.3 Å². The zero-order valence-electron chi connectivity index (χ0n) is 45.2. The summed E-state index contributed by atoms with van der Waals surface area (Å²) in [5.74, 6) is 0. The predicted molar refractivity (Wildman–Crippen MR) is 263 cm³/mol. The van der Waals surface area contributed by atoms with Crippen LogP contribution in [0.3, 0.4) is 0 Å². The van der Waals surface area contributed by atoms with Gasteiger partial charge >= 0.3 is 0 Å². The van der Waals surface area contributed by atoms with Crippen molar-refractivity contribution in [2.24, 2.45) is 0 Å². The number of fused-ring (bicyclic) bond motifs is 3. The number of rotatable bonds is 9. The molecule has 10 aromatic carbocycles. The average Bonchev–Trinajstić information content (AvgIpc) is 3.81. The summed E-state index contributed by atoms with van der Waals surface area (Å²) in [4.78, 5) is 2.18. The topological polar surface area (TPSA) is 8.17 Å². The van der Waals surface area contributed by atoms with Gasteiger partial charge in [-0.2, -0.15) is 0 Å². The first-order chi connectivity index (χ1) is 35.7. The zero-order valence-corrected chi connectivity index (χ0v) is 33.2. The first-order valence-corrected chi connectivity index (χ1v) is 20.3. The van der Waals surface area contributed by atoms with Crippen LogP contribution in [0.25, 0.3) is 83.1 Å². The normalized spacial score (nSPS) is 13.9. The van der Waals surface area contributed by atoms with Crippen LogP contribution in [0.2, 0.25) is 0 Å². The zero-order chi connectivity index (χ0) is 51.7. The Kier molecular flexibility index (Phi) is 6.78. The third-order valence-corrected chi connectivity index (χ3v) is 11.2. The van der Waals surface area contributed by atoms with E-state index in [0.29, 0.717) is 11.1 Å². The van der Waals surface area contributed by atoms with Crippen molar-refractivity contribution in [3.8, 4) is 61.3 Å². The van der Waals surface area contributed by atoms with Gasteiger partial charge in [-0.05, 0) is 122 Å². The van der Waals surface area contributed by atoms with Crippen LogP contribution in [-0.2, 0) is 0 Å². The highest BCUT2D eigenvalue weighted by Crippen LogP contribution is 2.41. The van der Waals surface area contributed by atoms with E-state index in [2.05, 4.69) is 108 Å². The Morgan fingerprint density at radius 1 is 0.323 bits per heavy atom. The van der Waals surface area contributed by atoms with Gasteiger partial charge in [0.15, 0.2) is 0 Å². The van der Waals surface area contributed by atoms with Gasteiger partial charge in [-0.15, -0.1) is 0 Å². The second-order valence-electron chi connectivity index (χ2n) is 14.9. The molecule has 2 heteroatoms. The molecule has 0 aliphatic heterocycles. The van der Waals surface area contributed by atoms with Gasteiger partial charge in [-0.3, -0.25) is 0 Å². The molecule has 0 amide bonds. The number of para-hydroxylation sites is 2. The lowest BCUT2D eigenvalue weighted by Crippen LogP contribution is -2.10. The Bertz CT molecular complexity index is 3980. The van der Waals surface area contributed by atoms with E-state index >= 15 is 0 Å². The summed E-state index contributed by atoms with van der Waals surface area (Å²) in [6, 6.07) is 53.8. The Labute approximate surface area is 379 Å². The summed E-state index contributed by atoms with van der Waals surface area (Å²) in [6.07, 6.45) is 0. The number of aromatic nitrogens is 1. The standard InChI is InChI=1S/C60H42N2/c1-4-15-43(16-5-1)45-29-31-46(32-30-45)48-35-39-54(40-36-48)61(53-37-33-47(34-38-53)44-17-6-2-7-18-44)55-24-13-20-50(42-55)49-19-12-21-51(41-49)56-26-14-28-59-60(56)57-25-10-11-27-58(57)62(59)52-22-8-3-9-23-52/h1-42H/i3D,8D,9D,10D,11D,14D,22D,23D,25D,26D,27D,28D. The van der Waals surface area contributed by atoms with Gasteiger partial charge in [0.25, 0.3) is 0 Å². The van der Waals surface area contributed by atoms with Crippen LogP contribution in [0.15, 0.2) is 255 Å². The van der Waals surface area contributed by atoms with Crippen LogP contribution in [0, 0.1) is 0 Å². The molecule has 1 heterocycles. The van der Waals surface area contributed by atoms with Crippen LogP contribution in [-0.4, -0.2) is 4.57 Å². The summed E-state index contributed by atoms with van der Waals surface area (Å²) in [5.41, 5.74) is 10.3. The SMILES string of the molecule is [2H]c1c([2H])c([2H])c(-n2c3c([2H])c([2H])c([2H])c([2H])c3c3c(-c4cccc(-c5cccc(N(c6ccc(-c7ccccc7)cc6)c6ccc(-c7ccc(-c8ccccc8)cc7)cc6)c5)c4)c([2H])c([2H])c([2H])c32)c([2H])c1[2H]. The molecule has 0 fully saturated rings. The molecule has 0 aliphatic carbocycles. The van der Waals surface area contributed by atoms with Crippen molar-refractivity contribution < 1.29 is 16.4 Å². The van der Waals surface area contributed by atoms with E-state index in [1.807, 2.05) is 66.7 Å².